The summed E-state index contributed by atoms with van der Waals surface area (Å²) in [5.41, 5.74) is 8.74. The van der Waals surface area contributed by atoms with Crippen LogP contribution in [0.4, 0.5) is 0 Å². The van der Waals surface area contributed by atoms with Crippen molar-refractivity contribution >= 4 is 54.1 Å². The normalized spacial score (nSPS) is 11.6. The number of hydrogen-bond donors (Lipinski definition) is 0. The topological polar surface area (TPSA) is 43.6 Å². The molecule has 4 heteroatoms. The van der Waals surface area contributed by atoms with Crippen LogP contribution in [-0.4, -0.2) is 19.5 Å². The summed E-state index contributed by atoms with van der Waals surface area (Å²) in [7, 11) is 0. The molecule has 4 nitrogen and oxygen atoms in total. The molecule has 11 aromatic rings. The Labute approximate surface area is 317 Å². The fourth-order valence-corrected chi connectivity index (χ4v) is 8.32. The molecule has 0 aliphatic heterocycles. The molecule has 0 amide bonds. The van der Waals surface area contributed by atoms with Crippen molar-refractivity contribution in [3.05, 3.63) is 194 Å². The Morgan fingerprint density at radius 1 is 0.291 bits per heavy atom. The van der Waals surface area contributed by atoms with Gasteiger partial charge in [-0.1, -0.05) is 158 Å². The van der Waals surface area contributed by atoms with Crippen molar-refractivity contribution in [1.29, 1.82) is 0 Å². The van der Waals surface area contributed by atoms with Crippen molar-refractivity contribution < 1.29 is 0 Å². The van der Waals surface area contributed by atoms with Crippen molar-refractivity contribution in [2.45, 2.75) is 0 Å². The van der Waals surface area contributed by atoms with Gasteiger partial charge in [-0.3, -0.25) is 0 Å². The molecular weight excluding hydrogens is 669 g/mol. The van der Waals surface area contributed by atoms with E-state index in [-0.39, 0.29) is 0 Å². The smallest absolute Gasteiger partial charge is 0.164 e. The number of rotatable bonds is 5. The minimum absolute atomic E-state index is 0.642. The van der Waals surface area contributed by atoms with Gasteiger partial charge in [0.25, 0.3) is 0 Å². The third kappa shape index (κ3) is 5.11. The van der Waals surface area contributed by atoms with Crippen LogP contribution in [-0.2, 0) is 0 Å². The molecule has 0 fully saturated rings. The fraction of sp³-hybridized carbons (Fsp3) is 0. The minimum Gasteiger partial charge on any atom is -0.309 e. The standard InChI is InChI=1S/C51H32N4/c1-4-15-33(16-5-1)49-52-50(34-17-6-2-7-18-34)54-51(53-49)36-27-29-41-39-21-10-11-22-40(39)43-25-14-24-38(48(43)45(41)32-36)35-28-30-47-44(31-35)42-23-12-13-26-46(42)55(47)37-19-8-3-9-20-37/h1-32H. The van der Waals surface area contributed by atoms with Gasteiger partial charge in [-0.25, -0.2) is 15.0 Å². The zero-order valence-corrected chi connectivity index (χ0v) is 29.8. The highest BCUT2D eigenvalue weighted by Crippen LogP contribution is 2.43. The van der Waals surface area contributed by atoms with Gasteiger partial charge in [0.2, 0.25) is 0 Å². The van der Waals surface area contributed by atoms with Crippen LogP contribution in [0, 0.1) is 0 Å². The van der Waals surface area contributed by atoms with Gasteiger partial charge >= 0.3 is 0 Å². The number of aromatic nitrogens is 4. The molecule has 0 aliphatic rings. The number of benzene rings is 9. The molecule has 0 saturated heterocycles. The highest BCUT2D eigenvalue weighted by atomic mass is 15.0. The monoisotopic (exact) mass is 700 g/mol. The van der Waals surface area contributed by atoms with E-state index in [0.717, 1.165) is 27.8 Å². The predicted molar refractivity (Wildman–Crippen MR) is 228 cm³/mol. The van der Waals surface area contributed by atoms with Gasteiger partial charge in [-0.05, 0) is 79.8 Å². The molecule has 0 N–H and O–H groups in total. The highest BCUT2D eigenvalue weighted by molar-refractivity contribution is 6.29. The Morgan fingerprint density at radius 3 is 1.47 bits per heavy atom. The molecular formula is C51H32N4. The van der Waals surface area contributed by atoms with Gasteiger partial charge in [0.1, 0.15) is 0 Å². The highest BCUT2D eigenvalue weighted by Gasteiger charge is 2.18. The van der Waals surface area contributed by atoms with Crippen molar-refractivity contribution in [3.63, 3.8) is 0 Å². The third-order valence-corrected chi connectivity index (χ3v) is 10.8. The summed E-state index contributed by atoms with van der Waals surface area (Å²) in [6.45, 7) is 0. The van der Waals surface area contributed by atoms with Crippen LogP contribution in [0.5, 0.6) is 0 Å². The van der Waals surface area contributed by atoms with Gasteiger partial charge in [0, 0.05) is 33.2 Å². The maximum absolute atomic E-state index is 5.10. The summed E-state index contributed by atoms with van der Waals surface area (Å²) in [5.74, 6) is 1.94. The number of nitrogens with zero attached hydrogens (tertiary/aromatic N) is 4. The lowest BCUT2D eigenvalue weighted by Gasteiger charge is -2.16. The van der Waals surface area contributed by atoms with Gasteiger partial charge in [0.05, 0.1) is 11.0 Å². The second-order valence-corrected chi connectivity index (χ2v) is 14.0. The molecule has 9 aromatic carbocycles. The van der Waals surface area contributed by atoms with Gasteiger partial charge in [-0.2, -0.15) is 0 Å². The lowest BCUT2D eigenvalue weighted by Crippen LogP contribution is -2.00. The second-order valence-electron chi connectivity index (χ2n) is 14.0. The summed E-state index contributed by atoms with van der Waals surface area (Å²) in [6, 6.07) is 68.8. The largest absolute Gasteiger partial charge is 0.309 e. The maximum atomic E-state index is 5.10. The van der Waals surface area contributed by atoms with Crippen LogP contribution in [0.2, 0.25) is 0 Å². The first kappa shape index (κ1) is 31.1. The zero-order chi connectivity index (χ0) is 36.3. The Balaban J connectivity index is 1.18. The minimum atomic E-state index is 0.642. The van der Waals surface area contributed by atoms with Gasteiger partial charge in [-0.15, -0.1) is 0 Å². The van der Waals surface area contributed by atoms with Crippen LogP contribution in [0.15, 0.2) is 194 Å². The summed E-state index contributed by atoms with van der Waals surface area (Å²) in [4.78, 5) is 15.1. The molecule has 55 heavy (non-hydrogen) atoms. The quantitative estimate of drug-likeness (QED) is 0.168. The van der Waals surface area contributed by atoms with E-state index in [1.165, 1.54) is 59.9 Å². The summed E-state index contributed by atoms with van der Waals surface area (Å²) >= 11 is 0. The molecule has 0 aliphatic carbocycles. The molecule has 0 spiro atoms. The first-order valence-corrected chi connectivity index (χ1v) is 18.6. The first-order chi connectivity index (χ1) is 27.3. The Morgan fingerprint density at radius 2 is 0.782 bits per heavy atom. The van der Waals surface area contributed by atoms with Crippen LogP contribution >= 0.6 is 0 Å². The molecule has 11 rings (SSSR count). The number of hydrogen-bond acceptors (Lipinski definition) is 3. The molecule has 2 aromatic heterocycles. The van der Waals surface area contributed by atoms with E-state index < -0.39 is 0 Å². The molecule has 0 saturated carbocycles. The lowest BCUT2D eigenvalue weighted by atomic mass is 9.88. The molecule has 256 valence electrons. The fourth-order valence-electron chi connectivity index (χ4n) is 8.32. The molecule has 0 atom stereocenters. The Kier molecular flexibility index (Phi) is 7.14. The van der Waals surface area contributed by atoms with Crippen molar-refractivity contribution in [2.24, 2.45) is 0 Å². The van der Waals surface area contributed by atoms with E-state index in [1.54, 1.807) is 0 Å². The van der Waals surface area contributed by atoms with Gasteiger partial charge < -0.3 is 4.57 Å². The SMILES string of the molecule is c1ccc(-c2nc(-c3ccccc3)nc(-c3ccc4c5ccccc5c5cccc(-c6ccc7c(c6)c6ccccc6n7-c6ccccc6)c5c4c3)n2)cc1. The van der Waals surface area contributed by atoms with Crippen LogP contribution < -0.4 is 0 Å². The predicted octanol–water partition coefficient (Wildman–Crippen LogP) is 13.1. The number of para-hydroxylation sites is 2. The van der Waals surface area contributed by atoms with Crippen LogP contribution in [0.25, 0.3) is 105 Å². The molecule has 0 bridgehead atoms. The van der Waals surface area contributed by atoms with Crippen molar-refractivity contribution in [1.82, 2.24) is 19.5 Å². The lowest BCUT2D eigenvalue weighted by molar-refractivity contribution is 1.07. The number of fused-ring (bicyclic) bond motifs is 9. The third-order valence-electron chi connectivity index (χ3n) is 10.8. The van der Waals surface area contributed by atoms with E-state index in [4.69, 9.17) is 15.0 Å². The van der Waals surface area contributed by atoms with Gasteiger partial charge in [0.15, 0.2) is 17.5 Å². The average molecular weight is 701 g/mol. The first-order valence-electron chi connectivity index (χ1n) is 18.6. The van der Waals surface area contributed by atoms with Crippen molar-refractivity contribution in [3.8, 4) is 51.0 Å². The molecule has 0 unspecified atom stereocenters. The van der Waals surface area contributed by atoms with Crippen molar-refractivity contribution in [2.75, 3.05) is 0 Å². The van der Waals surface area contributed by atoms with E-state index in [0.29, 0.717) is 17.5 Å². The summed E-state index contributed by atoms with van der Waals surface area (Å²) in [6.07, 6.45) is 0. The van der Waals surface area contributed by atoms with E-state index in [1.807, 2.05) is 60.7 Å². The molecule has 2 heterocycles. The zero-order valence-electron chi connectivity index (χ0n) is 29.8. The summed E-state index contributed by atoms with van der Waals surface area (Å²) in [5, 5.41) is 9.71. The van der Waals surface area contributed by atoms with E-state index >= 15 is 0 Å². The second kappa shape index (κ2) is 12.6. The van der Waals surface area contributed by atoms with Crippen LogP contribution in [0.3, 0.4) is 0 Å². The maximum Gasteiger partial charge on any atom is 0.164 e. The van der Waals surface area contributed by atoms with E-state index in [9.17, 15) is 0 Å². The molecule has 0 radical (unpaired) electrons. The summed E-state index contributed by atoms with van der Waals surface area (Å²) < 4.78 is 2.37. The van der Waals surface area contributed by atoms with Crippen LogP contribution in [0.1, 0.15) is 0 Å². The Hall–Kier alpha value is -7.43. The Bertz CT molecular complexity index is 3180. The average Bonchev–Trinajstić information content (AvgIpc) is 3.60. The van der Waals surface area contributed by atoms with E-state index in [2.05, 4.69) is 138 Å².